The van der Waals surface area contributed by atoms with Crippen LogP contribution in [-0.2, 0) is 9.59 Å². The number of anilines is 2. The number of para-hydroxylation sites is 3. The van der Waals surface area contributed by atoms with E-state index in [9.17, 15) is 24.5 Å². The molecule has 3 aromatic carbocycles. The van der Waals surface area contributed by atoms with Crippen LogP contribution in [0, 0.1) is 10.1 Å². The number of nitro benzene ring substituents is 1. The number of nitrogens with zero attached hydrogens (tertiary/aromatic N) is 2. The second-order valence-electron chi connectivity index (χ2n) is 6.79. The van der Waals surface area contributed by atoms with Gasteiger partial charge < -0.3 is 10.1 Å². The zero-order valence-electron chi connectivity index (χ0n) is 16.7. The van der Waals surface area contributed by atoms with E-state index in [1.165, 1.54) is 48.5 Å². The molecule has 0 saturated carbocycles. The quantitative estimate of drug-likeness (QED) is 0.191. The molecule has 33 heavy (non-hydrogen) atoms. The lowest BCUT2D eigenvalue weighted by molar-refractivity contribution is -0.385. The molecule has 4 rings (SSSR count). The third-order valence-electron chi connectivity index (χ3n) is 4.70. The fourth-order valence-corrected chi connectivity index (χ4v) is 3.32. The van der Waals surface area contributed by atoms with Crippen molar-refractivity contribution in [3.63, 3.8) is 0 Å². The van der Waals surface area contributed by atoms with Crippen LogP contribution in [0.25, 0.3) is 0 Å². The van der Waals surface area contributed by atoms with Crippen LogP contribution in [0.2, 0.25) is 0 Å². The number of carbonyl (C=O) groups is 3. The first-order chi connectivity index (χ1) is 15.9. The van der Waals surface area contributed by atoms with E-state index in [4.69, 9.17) is 16.3 Å². The summed E-state index contributed by atoms with van der Waals surface area (Å²) in [5, 5.41) is 13.6. The summed E-state index contributed by atoms with van der Waals surface area (Å²) in [5.74, 6) is -2.24. The Morgan fingerprint density at radius 2 is 1.55 bits per heavy atom. The molecule has 0 radical (unpaired) electrons. The summed E-state index contributed by atoms with van der Waals surface area (Å²) in [6.45, 7) is 0. The van der Waals surface area contributed by atoms with Crippen molar-refractivity contribution < 1.29 is 24.0 Å². The van der Waals surface area contributed by atoms with E-state index < -0.39 is 22.7 Å². The van der Waals surface area contributed by atoms with Crippen molar-refractivity contribution in [2.45, 2.75) is 0 Å². The fraction of sp³-hybridized carbons (Fsp3) is 0. The molecule has 0 unspecified atom stereocenters. The Kier molecular flexibility index (Phi) is 5.88. The van der Waals surface area contributed by atoms with Crippen LogP contribution >= 0.6 is 11.6 Å². The van der Waals surface area contributed by atoms with Crippen LogP contribution in [0.1, 0.15) is 10.4 Å². The Balaban J connectivity index is 1.49. The molecular formula is C23H14ClN3O6. The number of nitrogens with one attached hydrogen (secondary N) is 1. The predicted octanol–water partition coefficient (Wildman–Crippen LogP) is 4.25. The molecule has 10 heteroatoms. The van der Waals surface area contributed by atoms with Crippen LogP contribution < -0.4 is 15.0 Å². The zero-order valence-corrected chi connectivity index (χ0v) is 17.5. The SMILES string of the molecule is O=C(Oc1ccccc1[N+](=O)[O-])c1ccc(NC2=C(Cl)C(=O)N(c3ccccc3)C2=O)cc1. The topological polar surface area (TPSA) is 119 Å². The molecule has 164 valence electrons. The van der Waals surface area contributed by atoms with Crippen molar-refractivity contribution in [1.82, 2.24) is 0 Å². The number of esters is 1. The number of benzene rings is 3. The van der Waals surface area contributed by atoms with Crippen molar-refractivity contribution in [2.24, 2.45) is 0 Å². The third-order valence-corrected chi connectivity index (χ3v) is 5.05. The van der Waals surface area contributed by atoms with Gasteiger partial charge in [-0.15, -0.1) is 0 Å². The molecule has 0 aromatic heterocycles. The predicted molar refractivity (Wildman–Crippen MR) is 120 cm³/mol. The van der Waals surface area contributed by atoms with Crippen LogP contribution in [-0.4, -0.2) is 22.7 Å². The number of rotatable bonds is 6. The summed E-state index contributed by atoms with van der Waals surface area (Å²) in [5.41, 5.74) is 0.467. The van der Waals surface area contributed by atoms with E-state index in [1.807, 2.05) is 0 Å². The van der Waals surface area contributed by atoms with Gasteiger partial charge in [-0.3, -0.25) is 19.7 Å². The first-order valence-corrected chi connectivity index (χ1v) is 9.91. The molecule has 3 aromatic rings. The summed E-state index contributed by atoms with van der Waals surface area (Å²) < 4.78 is 5.14. The van der Waals surface area contributed by atoms with Crippen molar-refractivity contribution in [3.8, 4) is 5.75 Å². The van der Waals surface area contributed by atoms with Crippen molar-refractivity contribution in [3.05, 3.63) is 105 Å². The normalized spacial score (nSPS) is 13.3. The fourth-order valence-electron chi connectivity index (χ4n) is 3.11. The minimum atomic E-state index is -0.796. The average molecular weight is 464 g/mol. The highest BCUT2D eigenvalue weighted by Crippen LogP contribution is 2.30. The smallest absolute Gasteiger partial charge is 0.343 e. The van der Waals surface area contributed by atoms with Gasteiger partial charge in [0.25, 0.3) is 11.8 Å². The van der Waals surface area contributed by atoms with Crippen molar-refractivity contribution >= 4 is 46.4 Å². The van der Waals surface area contributed by atoms with E-state index in [2.05, 4.69) is 5.32 Å². The van der Waals surface area contributed by atoms with E-state index in [0.29, 0.717) is 11.4 Å². The number of amides is 2. The Bertz CT molecular complexity index is 1310. The molecule has 0 spiro atoms. The highest BCUT2D eigenvalue weighted by Gasteiger charge is 2.38. The van der Waals surface area contributed by atoms with Gasteiger partial charge in [0.15, 0.2) is 0 Å². The van der Waals surface area contributed by atoms with Gasteiger partial charge in [-0.25, -0.2) is 9.69 Å². The lowest BCUT2D eigenvalue weighted by Crippen LogP contribution is -2.32. The number of imide groups is 1. The molecule has 0 aliphatic carbocycles. The van der Waals surface area contributed by atoms with Crippen LogP contribution in [0.5, 0.6) is 5.75 Å². The standard InChI is InChI=1S/C23H14ClN3O6/c24-19-20(22(29)26(21(19)28)16-6-2-1-3-7-16)25-15-12-10-14(11-13-15)23(30)33-18-9-5-4-8-17(18)27(31)32/h1-13,25H. The number of nitro groups is 1. The number of ether oxygens (including phenoxy) is 1. The molecule has 0 atom stereocenters. The van der Waals surface area contributed by atoms with Crippen molar-refractivity contribution in [2.75, 3.05) is 10.2 Å². The summed E-state index contributed by atoms with van der Waals surface area (Å²) in [6, 6.07) is 19.7. The lowest BCUT2D eigenvalue weighted by Gasteiger charge is -2.14. The van der Waals surface area contributed by atoms with Gasteiger partial charge in [-0.1, -0.05) is 41.9 Å². The zero-order chi connectivity index (χ0) is 23.5. The van der Waals surface area contributed by atoms with Crippen LogP contribution in [0.3, 0.4) is 0 Å². The number of hydrogen-bond donors (Lipinski definition) is 1. The van der Waals surface area contributed by atoms with Gasteiger partial charge in [-0.2, -0.15) is 0 Å². The Hall–Kier alpha value is -4.50. The van der Waals surface area contributed by atoms with Gasteiger partial charge in [0.1, 0.15) is 10.7 Å². The van der Waals surface area contributed by atoms with Gasteiger partial charge in [0, 0.05) is 11.8 Å². The molecule has 9 nitrogen and oxygen atoms in total. The van der Waals surface area contributed by atoms with Gasteiger partial charge in [-0.05, 0) is 42.5 Å². The minimum absolute atomic E-state index is 0.0965. The summed E-state index contributed by atoms with van der Waals surface area (Å²) in [7, 11) is 0. The van der Waals surface area contributed by atoms with Crippen LogP contribution in [0.4, 0.5) is 17.1 Å². The molecular weight excluding hydrogens is 450 g/mol. The van der Waals surface area contributed by atoms with Crippen molar-refractivity contribution in [1.29, 1.82) is 0 Å². The second-order valence-corrected chi connectivity index (χ2v) is 7.16. The molecule has 1 heterocycles. The number of halogens is 1. The first-order valence-electron chi connectivity index (χ1n) is 9.53. The Labute approximate surface area is 192 Å². The van der Waals surface area contributed by atoms with E-state index >= 15 is 0 Å². The van der Waals surface area contributed by atoms with E-state index in [-0.39, 0.29) is 27.7 Å². The monoisotopic (exact) mass is 463 g/mol. The molecule has 0 fully saturated rings. The molecule has 0 bridgehead atoms. The van der Waals surface area contributed by atoms with Gasteiger partial charge in [0.05, 0.1) is 16.2 Å². The number of carbonyl (C=O) groups excluding carboxylic acids is 3. The highest BCUT2D eigenvalue weighted by molar-refractivity contribution is 6.53. The summed E-state index contributed by atoms with van der Waals surface area (Å²) in [6.07, 6.45) is 0. The third kappa shape index (κ3) is 4.30. The Morgan fingerprint density at radius 3 is 2.21 bits per heavy atom. The van der Waals surface area contributed by atoms with Gasteiger partial charge >= 0.3 is 11.7 Å². The van der Waals surface area contributed by atoms with E-state index in [0.717, 1.165) is 4.90 Å². The molecule has 2 amide bonds. The number of hydrogen-bond acceptors (Lipinski definition) is 7. The molecule has 1 aliphatic heterocycles. The minimum Gasteiger partial charge on any atom is -0.416 e. The van der Waals surface area contributed by atoms with Crippen LogP contribution in [0.15, 0.2) is 89.6 Å². The maximum atomic E-state index is 12.8. The maximum absolute atomic E-state index is 12.8. The first kappa shape index (κ1) is 21.7. The van der Waals surface area contributed by atoms with Gasteiger partial charge in [0.2, 0.25) is 5.75 Å². The maximum Gasteiger partial charge on any atom is 0.343 e. The Morgan fingerprint density at radius 1 is 0.909 bits per heavy atom. The summed E-state index contributed by atoms with van der Waals surface area (Å²) in [4.78, 5) is 49.0. The second kappa shape index (κ2) is 8.93. The molecule has 1 N–H and O–H groups in total. The highest BCUT2D eigenvalue weighted by atomic mass is 35.5. The van der Waals surface area contributed by atoms with E-state index in [1.54, 1.807) is 30.3 Å². The summed E-state index contributed by atoms with van der Waals surface area (Å²) >= 11 is 6.11. The average Bonchev–Trinajstić information content (AvgIpc) is 3.03. The lowest BCUT2D eigenvalue weighted by atomic mass is 10.2. The molecule has 1 aliphatic rings. The molecule has 0 saturated heterocycles. The largest absolute Gasteiger partial charge is 0.416 e.